The third kappa shape index (κ3) is 10.9. The summed E-state index contributed by atoms with van der Waals surface area (Å²) in [6, 6.07) is 0. The predicted octanol–water partition coefficient (Wildman–Crippen LogP) is 6.51. The molecule has 23 heavy (non-hydrogen) atoms. The monoisotopic (exact) mass is 325 g/mol. The quantitative estimate of drug-likeness (QED) is 0.174. The van der Waals surface area contributed by atoms with Gasteiger partial charge in [-0.2, -0.15) is 9.78 Å². The first kappa shape index (κ1) is 20.6. The summed E-state index contributed by atoms with van der Waals surface area (Å²) >= 11 is 0. The predicted molar refractivity (Wildman–Crippen MR) is 94.5 cm³/mol. The van der Waals surface area contributed by atoms with E-state index in [-0.39, 0.29) is 5.92 Å². The van der Waals surface area contributed by atoms with E-state index in [1.807, 2.05) is 0 Å². The molecule has 0 aromatic carbocycles. The van der Waals surface area contributed by atoms with E-state index in [1.165, 1.54) is 70.6 Å². The lowest BCUT2D eigenvalue weighted by atomic mass is 9.93. The van der Waals surface area contributed by atoms with Crippen molar-refractivity contribution in [3.05, 3.63) is 6.29 Å². The number of carbonyl (C=O) groups excluding carboxylic acids is 1. The average molecular weight is 326 g/mol. The van der Waals surface area contributed by atoms with Crippen LogP contribution in [0, 0.1) is 12.2 Å². The van der Waals surface area contributed by atoms with Gasteiger partial charge in [-0.1, -0.05) is 90.9 Å². The normalized spacial score (nSPS) is 15.7. The molecule has 1 fully saturated rings. The lowest BCUT2D eigenvalue weighted by molar-refractivity contribution is -0.122. The Kier molecular flexibility index (Phi) is 12.5. The van der Waals surface area contributed by atoms with Gasteiger partial charge >= 0.3 is 6.29 Å². The minimum atomic E-state index is -0.0964. The summed E-state index contributed by atoms with van der Waals surface area (Å²) in [5, 5.41) is 0. The molecule has 1 aliphatic rings. The minimum Gasteiger partial charge on any atom is -0.299 e. The fourth-order valence-corrected chi connectivity index (χ4v) is 3.11. The van der Waals surface area contributed by atoms with Crippen LogP contribution in [0.25, 0.3) is 0 Å². The van der Waals surface area contributed by atoms with Crippen molar-refractivity contribution in [3.8, 4) is 0 Å². The Hall–Kier alpha value is -0.410. The summed E-state index contributed by atoms with van der Waals surface area (Å²) < 4.78 is 0. The smallest absolute Gasteiger partial charge is 0.299 e. The zero-order valence-corrected chi connectivity index (χ0v) is 15.4. The number of unbranched alkanes of at least 4 members (excludes halogenated alkanes) is 11. The van der Waals surface area contributed by atoms with Crippen molar-refractivity contribution >= 4 is 5.78 Å². The second-order valence-electron chi connectivity index (χ2n) is 6.93. The first-order valence-corrected chi connectivity index (χ1v) is 10.0. The lowest BCUT2D eigenvalue weighted by Crippen LogP contribution is -2.16. The summed E-state index contributed by atoms with van der Waals surface area (Å²) in [6.45, 7) is 4.46. The van der Waals surface area contributed by atoms with Gasteiger partial charge in [0.25, 0.3) is 0 Å². The second-order valence-corrected chi connectivity index (χ2v) is 6.93. The molecular formula is C20H37O3. The Balaban J connectivity index is 2.00. The van der Waals surface area contributed by atoms with Crippen molar-refractivity contribution < 1.29 is 14.6 Å². The average Bonchev–Trinajstić information content (AvgIpc) is 3.38. The first-order chi connectivity index (χ1) is 11.3. The topological polar surface area (TPSA) is 42.1 Å². The van der Waals surface area contributed by atoms with Crippen LogP contribution in [0.3, 0.4) is 0 Å². The third-order valence-corrected chi connectivity index (χ3v) is 4.73. The Labute approximate surface area is 143 Å². The number of Topliss-reactive ketones (excluding diaryl/α,β-unsaturated/α-hetero) is 1. The van der Waals surface area contributed by atoms with Gasteiger partial charge < -0.3 is 0 Å². The molecule has 0 spiro atoms. The molecule has 1 atom stereocenters. The van der Waals surface area contributed by atoms with Gasteiger partial charge in [-0.25, -0.2) is 0 Å². The molecule has 1 heterocycles. The summed E-state index contributed by atoms with van der Waals surface area (Å²) in [6.07, 6.45) is 18.5. The van der Waals surface area contributed by atoms with Crippen LogP contribution >= 0.6 is 0 Å². The fraction of sp³-hybridized carbons (Fsp3) is 0.900. The zero-order chi connectivity index (χ0) is 16.8. The molecule has 0 bridgehead atoms. The second kappa shape index (κ2) is 14.0. The van der Waals surface area contributed by atoms with Crippen molar-refractivity contribution in [2.75, 3.05) is 0 Å². The Bertz CT molecular complexity index is 287. The summed E-state index contributed by atoms with van der Waals surface area (Å²) in [7, 11) is 0. The van der Waals surface area contributed by atoms with E-state index in [0.29, 0.717) is 18.5 Å². The molecule has 0 saturated carbocycles. The SMILES string of the molecule is CCCCCCCCCCCC(=O)C(CCCCCC)[C]1OO1. The van der Waals surface area contributed by atoms with Gasteiger partial charge in [0, 0.05) is 6.42 Å². The number of hydrogen-bond donors (Lipinski definition) is 0. The van der Waals surface area contributed by atoms with Crippen LogP contribution in [0.1, 0.15) is 110 Å². The highest BCUT2D eigenvalue weighted by Gasteiger charge is 2.42. The third-order valence-electron chi connectivity index (χ3n) is 4.73. The maximum absolute atomic E-state index is 12.3. The molecule has 1 unspecified atom stereocenters. The Morgan fingerprint density at radius 2 is 1.22 bits per heavy atom. The van der Waals surface area contributed by atoms with Gasteiger partial charge in [0.05, 0.1) is 5.92 Å². The van der Waals surface area contributed by atoms with Gasteiger partial charge in [0.2, 0.25) is 0 Å². The minimum absolute atomic E-state index is 0.0964. The van der Waals surface area contributed by atoms with E-state index >= 15 is 0 Å². The van der Waals surface area contributed by atoms with Crippen LogP contribution < -0.4 is 0 Å². The van der Waals surface area contributed by atoms with Crippen LogP contribution in [0.2, 0.25) is 0 Å². The summed E-state index contributed by atoms with van der Waals surface area (Å²) in [4.78, 5) is 22.0. The molecule has 3 nitrogen and oxygen atoms in total. The van der Waals surface area contributed by atoms with E-state index < -0.39 is 0 Å². The van der Waals surface area contributed by atoms with Crippen molar-refractivity contribution in [3.63, 3.8) is 0 Å². The molecular weight excluding hydrogens is 288 g/mol. The van der Waals surface area contributed by atoms with Crippen LogP contribution in [0.5, 0.6) is 0 Å². The largest absolute Gasteiger partial charge is 0.302 e. The number of rotatable bonds is 17. The van der Waals surface area contributed by atoms with E-state index in [4.69, 9.17) is 9.78 Å². The molecule has 135 valence electrons. The van der Waals surface area contributed by atoms with Crippen LogP contribution in [0.15, 0.2) is 0 Å². The van der Waals surface area contributed by atoms with Gasteiger partial charge in [-0.15, -0.1) is 0 Å². The standard InChI is InChI=1S/C20H37O3/c1-3-5-7-9-10-11-12-13-15-17-19(21)18(20-22-23-20)16-14-8-6-4-2/h18H,3-17H2,1-2H3. The van der Waals surface area contributed by atoms with Crippen molar-refractivity contribution in [1.82, 2.24) is 0 Å². The van der Waals surface area contributed by atoms with Crippen LogP contribution in [-0.2, 0) is 14.6 Å². The molecule has 0 aromatic rings. The number of hydrogen-bond acceptors (Lipinski definition) is 3. The van der Waals surface area contributed by atoms with Gasteiger partial charge in [-0.05, 0) is 12.8 Å². The van der Waals surface area contributed by atoms with Gasteiger partial charge in [0.1, 0.15) is 5.78 Å². The maximum atomic E-state index is 12.3. The number of ketones is 1. The van der Waals surface area contributed by atoms with Crippen molar-refractivity contribution in [2.24, 2.45) is 5.92 Å². The highest BCUT2D eigenvalue weighted by Crippen LogP contribution is 2.36. The molecule has 0 aromatic heterocycles. The fourth-order valence-electron chi connectivity index (χ4n) is 3.11. The summed E-state index contributed by atoms with van der Waals surface area (Å²) in [5.41, 5.74) is 0. The zero-order valence-electron chi connectivity index (χ0n) is 15.4. The van der Waals surface area contributed by atoms with Crippen molar-refractivity contribution in [1.29, 1.82) is 0 Å². The lowest BCUT2D eigenvalue weighted by Gasteiger charge is -2.10. The van der Waals surface area contributed by atoms with E-state index in [9.17, 15) is 4.79 Å². The first-order valence-electron chi connectivity index (χ1n) is 10.0. The van der Waals surface area contributed by atoms with Crippen molar-refractivity contribution in [2.45, 2.75) is 110 Å². The van der Waals surface area contributed by atoms with Gasteiger partial charge in [0.15, 0.2) is 0 Å². The molecule has 1 aliphatic heterocycles. The van der Waals surface area contributed by atoms with Crippen LogP contribution in [-0.4, -0.2) is 5.78 Å². The maximum Gasteiger partial charge on any atom is 0.302 e. The molecule has 3 heteroatoms. The summed E-state index contributed by atoms with van der Waals surface area (Å²) in [5.74, 6) is 0.220. The molecule has 0 aliphatic carbocycles. The van der Waals surface area contributed by atoms with E-state index in [0.717, 1.165) is 19.3 Å². The number of carbonyl (C=O) groups is 1. The molecule has 0 amide bonds. The highest BCUT2D eigenvalue weighted by atomic mass is 17.4. The van der Waals surface area contributed by atoms with Crippen LogP contribution in [0.4, 0.5) is 0 Å². The van der Waals surface area contributed by atoms with E-state index in [2.05, 4.69) is 13.8 Å². The molecule has 1 saturated heterocycles. The Morgan fingerprint density at radius 1 is 0.739 bits per heavy atom. The Morgan fingerprint density at radius 3 is 1.74 bits per heavy atom. The molecule has 0 N–H and O–H groups in total. The highest BCUT2D eigenvalue weighted by molar-refractivity contribution is 5.82. The van der Waals surface area contributed by atoms with Gasteiger partial charge in [-0.3, -0.25) is 4.79 Å². The molecule has 1 radical (unpaired) electrons. The van der Waals surface area contributed by atoms with E-state index in [1.54, 1.807) is 0 Å². The molecule has 1 rings (SSSR count).